The Bertz CT molecular complexity index is 661. The molecule has 2 aromatic rings. The molecule has 1 heterocycles. The molecule has 2 amide bonds. The summed E-state index contributed by atoms with van der Waals surface area (Å²) < 4.78 is 0. The van der Waals surface area contributed by atoms with Crippen LogP contribution in [-0.4, -0.2) is 45.9 Å². The molecule has 7 heteroatoms. The second-order valence-corrected chi connectivity index (χ2v) is 6.82. The topological polar surface area (TPSA) is 78.4 Å². The second kappa shape index (κ2) is 7.06. The summed E-state index contributed by atoms with van der Waals surface area (Å²) in [6.45, 7) is 0.553. The molecule has 0 aliphatic heterocycles. The van der Waals surface area contributed by atoms with Crippen LogP contribution in [0.3, 0.4) is 0 Å². The second-order valence-electron chi connectivity index (χ2n) is 5.85. The molecule has 0 spiro atoms. The molecule has 3 rings (SSSR count). The highest BCUT2D eigenvalue weighted by molar-refractivity contribution is 7.18. The SMILES string of the molecule is CN(CC1CCCC1O)C(=O)Nc1nnc(-c2ccccc2)s1. The minimum Gasteiger partial charge on any atom is -0.393 e. The van der Waals surface area contributed by atoms with Crippen molar-refractivity contribution in [3.05, 3.63) is 30.3 Å². The summed E-state index contributed by atoms with van der Waals surface area (Å²) in [5.74, 6) is 0.167. The molecule has 122 valence electrons. The molecule has 2 unspecified atom stereocenters. The third kappa shape index (κ3) is 3.86. The van der Waals surface area contributed by atoms with Gasteiger partial charge in [-0.05, 0) is 12.8 Å². The number of hydrogen-bond donors (Lipinski definition) is 2. The number of carbonyl (C=O) groups excluding carboxylic acids is 1. The molecular weight excluding hydrogens is 312 g/mol. The lowest BCUT2D eigenvalue weighted by atomic mass is 10.1. The van der Waals surface area contributed by atoms with Crippen LogP contribution in [0.2, 0.25) is 0 Å². The molecule has 2 atom stereocenters. The molecule has 1 aliphatic rings. The number of nitrogens with zero attached hydrogens (tertiary/aromatic N) is 3. The van der Waals surface area contributed by atoms with Crippen molar-refractivity contribution in [3.63, 3.8) is 0 Å². The van der Waals surface area contributed by atoms with Gasteiger partial charge in [-0.3, -0.25) is 5.32 Å². The number of aliphatic hydroxyl groups excluding tert-OH is 1. The van der Waals surface area contributed by atoms with Crippen molar-refractivity contribution < 1.29 is 9.90 Å². The number of aliphatic hydroxyl groups is 1. The average molecular weight is 332 g/mol. The predicted octanol–water partition coefficient (Wildman–Crippen LogP) is 2.83. The fraction of sp³-hybridized carbons (Fsp3) is 0.438. The molecule has 23 heavy (non-hydrogen) atoms. The lowest BCUT2D eigenvalue weighted by Crippen LogP contribution is -2.37. The lowest BCUT2D eigenvalue weighted by molar-refractivity contribution is 0.116. The third-order valence-corrected chi connectivity index (χ3v) is 5.02. The Hall–Kier alpha value is -1.99. The van der Waals surface area contributed by atoms with Crippen LogP contribution in [0.1, 0.15) is 19.3 Å². The third-order valence-electron chi connectivity index (χ3n) is 4.13. The number of anilines is 1. The smallest absolute Gasteiger partial charge is 0.323 e. The van der Waals surface area contributed by atoms with E-state index in [1.807, 2.05) is 30.3 Å². The number of hydrogen-bond acceptors (Lipinski definition) is 5. The Kier molecular flexibility index (Phi) is 4.88. The minimum atomic E-state index is -0.295. The summed E-state index contributed by atoms with van der Waals surface area (Å²) >= 11 is 1.34. The molecule has 0 radical (unpaired) electrons. The van der Waals surface area contributed by atoms with E-state index in [-0.39, 0.29) is 18.1 Å². The van der Waals surface area contributed by atoms with Gasteiger partial charge >= 0.3 is 6.03 Å². The number of rotatable bonds is 4. The first-order chi connectivity index (χ1) is 11.1. The van der Waals surface area contributed by atoms with Gasteiger partial charge in [0, 0.05) is 25.1 Å². The molecule has 6 nitrogen and oxygen atoms in total. The normalized spacial score (nSPS) is 20.4. The highest BCUT2D eigenvalue weighted by Gasteiger charge is 2.27. The van der Waals surface area contributed by atoms with Crippen LogP contribution in [-0.2, 0) is 0 Å². The molecule has 1 aromatic heterocycles. The van der Waals surface area contributed by atoms with E-state index in [1.165, 1.54) is 11.3 Å². The molecule has 1 aromatic carbocycles. The number of urea groups is 1. The van der Waals surface area contributed by atoms with E-state index in [1.54, 1.807) is 11.9 Å². The summed E-state index contributed by atoms with van der Waals surface area (Å²) in [4.78, 5) is 13.8. The van der Waals surface area contributed by atoms with Gasteiger partial charge in [0.05, 0.1) is 6.10 Å². The first-order valence-corrected chi connectivity index (χ1v) is 8.54. The largest absolute Gasteiger partial charge is 0.393 e. The average Bonchev–Trinajstić information content (AvgIpc) is 3.18. The Morgan fingerprint density at radius 1 is 1.35 bits per heavy atom. The zero-order chi connectivity index (χ0) is 16.2. The van der Waals surface area contributed by atoms with Gasteiger partial charge in [0.1, 0.15) is 5.01 Å². The quantitative estimate of drug-likeness (QED) is 0.902. The van der Waals surface area contributed by atoms with E-state index < -0.39 is 0 Å². The van der Waals surface area contributed by atoms with E-state index in [0.717, 1.165) is 29.8 Å². The van der Waals surface area contributed by atoms with Crippen LogP contribution >= 0.6 is 11.3 Å². The maximum absolute atomic E-state index is 12.2. The number of aromatic nitrogens is 2. The van der Waals surface area contributed by atoms with E-state index >= 15 is 0 Å². The maximum Gasteiger partial charge on any atom is 0.323 e. The lowest BCUT2D eigenvalue weighted by Gasteiger charge is -2.22. The van der Waals surface area contributed by atoms with Gasteiger partial charge in [-0.1, -0.05) is 48.1 Å². The summed E-state index contributed by atoms with van der Waals surface area (Å²) in [5, 5.41) is 22.0. The van der Waals surface area contributed by atoms with E-state index in [2.05, 4.69) is 15.5 Å². The van der Waals surface area contributed by atoms with E-state index in [9.17, 15) is 9.90 Å². The summed E-state index contributed by atoms with van der Waals surface area (Å²) in [6.07, 6.45) is 2.53. The highest BCUT2D eigenvalue weighted by atomic mass is 32.1. The number of carbonyl (C=O) groups is 1. The van der Waals surface area contributed by atoms with Gasteiger partial charge in [-0.25, -0.2) is 4.79 Å². The molecule has 1 aliphatic carbocycles. The number of nitrogens with one attached hydrogen (secondary N) is 1. The Labute approximate surface area is 139 Å². The number of amides is 2. The van der Waals surface area contributed by atoms with Crippen molar-refractivity contribution >= 4 is 22.5 Å². The van der Waals surface area contributed by atoms with Crippen molar-refractivity contribution in [2.45, 2.75) is 25.4 Å². The Balaban J connectivity index is 1.58. The zero-order valence-electron chi connectivity index (χ0n) is 13.0. The Morgan fingerprint density at radius 3 is 2.83 bits per heavy atom. The molecule has 0 saturated heterocycles. The van der Waals surface area contributed by atoms with Crippen LogP contribution in [0.15, 0.2) is 30.3 Å². The van der Waals surface area contributed by atoms with Crippen molar-refractivity contribution in [1.29, 1.82) is 0 Å². The molecule has 2 N–H and O–H groups in total. The van der Waals surface area contributed by atoms with Crippen molar-refractivity contribution in [2.75, 3.05) is 18.9 Å². The standard InChI is InChI=1S/C16H20N4O2S/c1-20(10-12-8-5-9-13(12)21)16(22)17-15-19-18-14(23-15)11-6-3-2-4-7-11/h2-4,6-7,12-13,21H,5,8-10H2,1H3,(H,17,19,22). The highest BCUT2D eigenvalue weighted by Crippen LogP contribution is 2.27. The van der Waals surface area contributed by atoms with Gasteiger partial charge < -0.3 is 10.0 Å². The maximum atomic E-state index is 12.2. The minimum absolute atomic E-state index is 0.167. The number of benzene rings is 1. The van der Waals surface area contributed by atoms with Gasteiger partial charge in [-0.2, -0.15) is 0 Å². The predicted molar refractivity (Wildman–Crippen MR) is 90.3 cm³/mol. The fourth-order valence-electron chi connectivity index (χ4n) is 2.82. The summed E-state index contributed by atoms with van der Waals surface area (Å²) in [5.41, 5.74) is 0.980. The first kappa shape index (κ1) is 15.9. The first-order valence-electron chi connectivity index (χ1n) is 7.72. The van der Waals surface area contributed by atoms with Crippen molar-refractivity contribution in [2.24, 2.45) is 5.92 Å². The summed E-state index contributed by atoms with van der Waals surface area (Å²) in [6, 6.07) is 9.52. The van der Waals surface area contributed by atoms with Crippen LogP contribution in [0.4, 0.5) is 9.93 Å². The van der Waals surface area contributed by atoms with Crippen LogP contribution in [0.5, 0.6) is 0 Å². The van der Waals surface area contributed by atoms with E-state index in [4.69, 9.17) is 0 Å². The molecule has 1 fully saturated rings. The zero-order valence-corrected chi connectivity index (χ0v) is 13.8. The van der Waals surface area contributed by atoms with Crippen LogP contribution < -0.4 is 5.32 Å². The van der Waals surface area contributed by atoms with E-state index in [0.29, 0.717) is 11.7 Å². The molecule has 1 saturated carbocycles. The monoisotopic (exact) mass is 332 g/mol. The molecular formula is C16H20N4O2S. The summed E-state index contributed by atoms with van der Waals surface area (Å²) in [7, 11) is 1.74. The van der Waals surface area contributed by atoms with Gasteiger partial charge in [0.15, 0.2) is 0 Å². The molecule has 0 bridgehead atoms. The van der Waals surface area contributed by atoms with Gasteiger partial charge in [-0.15, -0.1) is 10.2 Å². The fourth-order valence-corrected chi connectivity index (χ4v) is 3.56. The Morgan fingerprint density at radius 2 is 2.13 bits per heavy atom. The van der Waals surface area contributed by atoms with Crippen LogP contribution in [0.25, 0.3) is 10.6 Å². The van der Waals surface area contributed by atoms with Gasteiger partial charge in [0.25, 0.3) is 0 Å². The van der Waals surface area contributed by atoms with Crippen LogP contribution in [0, 0.1) is 5.92 Å². The van der Waals surface area contributed by atoms with Gasteiger partial charge in [0.2, 0.25) is 5.13 Å². The van der Waals surface area contributed by atoms with Crippen molar-refractivity contribution in [1.82, 2.24) is 15.1 Å². The van der Waals surface area contributed by atoms with Crippen molar-refractivity contribution in [3.8, 4) is 10.6 Å².